The molecule has 1 aromatic carbocycles. The van der Waals surface area contributed by atoms with Crippen LogP contribution in [0.1, 0.15) is 36.0 Å². The monoisotopic (exact) mass is 379 g/mol. The molecule has 28 heavy (non-hydrogen) atoms. The van der Waals surface area contributed by atoms with Gasteiger partial charge in [0, 0.05) is 46.1 Å². The van der Waals surface area contributed by atoms with Gasteiger partial charge >= 0.3 is 0 Å². The van der Waals surface area contributed by atoms with E-state index in [9.17, 15) is 4.79 Å². The van der Waals surface area contributed by atoms with Gasteiger partial charge in [-0.25, -0.2) is 0 Å². The minimum Gasteiger partial charge on any atom is -0.366 e. The molecular formula is C23H29N3O2. The highest BCUT2D eigenvalue weighted by Crippen LogP contribution is 2.44. The number of hydrogen-bond donors (Lipinski definition) is 0. The molecule has 1 aromatic heterocycles. The number of pyridine rings is 1. The first kappa shape index (κ1) is 19.1. The van der Waals surface area contributed by atoms with Crippen molar-refractivity contribution in [2.24, 2.45) is 0 Å². The average molecular weight is 380 g/mol. The second-order valence-electron chi connectivity index (χ2n) is 8.23. The summed E-state index contributed by atoms with van der Waals surface area (Å²) in [7, 11) is 3.62. The van der Waals surface area contributed by atoms with Crippen LogP contribution in [0.3, 0.4) is 0 Å². The number of nitrogens with zero attached hydrogens (tertiary/aromatic N) is 3. The van der Waals surface area contributed by atoms with Gasteiger partial charge in [-0.3, -0.25) is 14.7 Å². The Balaban J connectivity index is 1.50. The number of carbonyl (C=O) groups excluding carboxylic acids is 1. The second kappa shape index (κ2) is 8.02. The fourth-order valence-corrected chi connectivity index (χ4v) is 4.51. The molecule has 0 N–H and O–H groups in total. The van der Waals surface area contributed by atoms with Gasteiger partial charge in [0.1, 0.15) is 0 Å². The summed E-state index contributed by atoms with van der Waals surface area (Å²) in [6.45, 7) is 2.89. The molecule has 5 nitrogen and oxygen atoms in total. The van der Waals surface area contributed by atoms with E-state index in [4.69, 9.17) is 4.74 Å². The molecule has 0 saturated carbocycles. The molecule has 1 saturated heterocycles. The third-order valence-corrected chi connectivity index (χ3v) is 6.04. The fourth-order valence-electron chi connectivity index (χ4n) is 4.51. The zero-order chi connectivity index (χ0) is 19.6. The lowest BCUT2D eigenvalue weighted by atomic mass is 9.77. The molecule has 2 aliphatic rings. The van der Waals surface area contributed by atoms with Crippen molar-refractivity contribution in [3.63, 3.8) is 0 Å². The minimum atomic E-state index is -0.266. The van der Waals surface area contributed by atoms with E-state index in [-0.39, 0.29) is 17.6 Å². The third kappa shape index (κ3) is 3.96. The van der Waals surface area contributed by atoms with E-state index in [2.05, 4.69) is 40.2 Å². The Labute approximate surface area is 167 Å². The van der Waals surface area contributed by atoms with E-state index in [1.807, 2.05) is 32.6 Å². The van der Waals surface area contributed by atoms with E-state index in [1.165, 1.54) is 16.7 Å². The molecule has 1 fully saturated rings. The number of likely N-dealkylation sites (tertiary alicyclic amines) is 1. The molecule has 0 radical (unpaired) electrons. The lowest BCUT2D eigenvalue weighted by molar-refractivity contribution is -0.154. The van der Waals surface area contributed by atoms with Crippen LogP contribution in [-0.2, 0) is 28.1 Å². The standard InChI is InChI=1S/C23H29N3O2/c1-25(2)22(27)15-20-14-19-7-3-4-8-21(19)23(28-20)9-12-26(13-10-23)17-18-6-5-11-24-16-18/h3-8,11,16,20H,9-10,12-15,17H2,1-2H3. The van der Waals surface area contributed by atoms with Gasteiger partial charge < -0.3 is 9.64 Å². The van der Waals surface area contributed by atoms with Gasteiger partial charge in [-0.1, -0.05) is 30.3 Å². The highest BCUT2D eigenvalue weighted by Gasteiger charge is 2.43. The summed E-state index contributed by atoms with van der Waals surface area (Å²) < 4.78 is 6.67. The van der Waals surface area contributed by atoms with Gasteiger partial charge in [0.25, 0.3) is 0 Å². The molecule has 3 heterocycles. The Bertz CT molecular complexity index is 814. The van der Waals surface area contributed by atoms with Crippen LogP contribution in [-0.4, -0.2) is 54.0 Å². The minimum absolute atomic E-state index is 0.0466. The number of benzene rings is 1. The van der Waals surface area contributed by atoms with Crippen molar-refractivity contribution in [1.82, 2.24) is 14.8 Å². The van der Waals surface area contributed by atoms with Crippen LogP contribution in [0.25, 0.3) is 0 Å². The lowest BCUT2D eigenvalue weighted by Crippen LogP contribution is -2.49. The Hall–Kier alpha value is -2.24. The maximum Gasteiger partial charge on any atom is 0.224 e. The molecule has 0 bridgehead atoms. The van der Waals surface area contributed by atoms with Crippen LogP contribution in [0.5, 0.6) is 0 Å². The first-order chi connectivity index (χ1) is 13.6. The Morgan fingerprint density at radius 1 is 1.21 bits per heavy atom. The van der Waals surface area contributed by atoms with Crippen molar-refractivity contribution in [3.8, 4) is 0 Å². The maximum atomic E-state index is 12.3. The number of fused-ring (bicyclic) bond motifs is 2. The number of carbonyl (C=O) groups is 1. The van der Waals surface area contributed by atoms with Gasteiger partial charge in [0.15, 0.2) is 0 Å². The molecular weight excluding hydrogens is 350 g/mol. The largest absolute Gasteiger partial charge is 0.366 e. The second-order valence-corrected chi connectivity index (χ2v) is 8.23. The van der Waals surface area contributed by atoms with Crippen LogP contribution < -0.4 is 0 Å². The van der Waals surface area contributed by atoms with E-state index in [0.29, 0.717) is 6.42 Å². The van der Waals surface area contributed by atoms with Gasteiger partial charge in [0.2, 0.25) is 5.91 Å². The van der Waals surface area contributed by atoms with E-state index < -0.39 is 0 Å². The third-order valence-electron chi connectivity index (χ3n) is 6.04. The highest BCUT2D eigenvalue weighted by atomic mass is 16.5. The number of hydrogen-bond acceptors (Lipinski definition) is 4. The van der Waals surface area contributed by atoms with Gasteiger partial charge in [0.05, 0.1) is 18.1 Å². The Kier molecular flexibility index (Phi) is 5.47. The van der Waals surface area contributed by atoms with E-state index in [1.54, 1.807) is 4.90 Å². The van der Waals surface area contributed by atoms with Crippen molar-refractivity contribution in [3.05, 3.63) is 65.5 Å². The van der Waals surface area contributed by atoms with Crippen molar-refractivity contribution in [1.29, 1.82) is 0 Å². The summed E-state index contributed by atoms with van der Waals surface area (Å²) in [6, 6.07) is 12.8. The number of amides is 1. The molecule has 1 atom stereocenters. The summed E-state index contributed by atoms with van der Waals surface area (Å²) in [4.78, 5) is 20.6. The average Bonchev–Trinajstić information content (AvgIpc) is 2.71. The van der Waals surface area contributed by atoms with Gasteiger partial charge in [-0.05, 0) is 42.0 Å². The summed E-state index contributed by atoms with van der Waals surface area (Å²) in [6.07, 6.45) is 6.89. The predicted molar refractivity (Wildman–Crippen MR) is 109 cm³/mol. The number of piperidine rings is 1. The zero-order valence-corrected chi connectivity index (χ0v) is 16.8. The summed E-state index contributed by atoms with van der Waals surface area (Å²) >= 11 is 0. The summed E-state index contributed by atoms with van der Waals surface area (Å²) in [5, 5.41) is 0. The van der Waals surface area contributed by atoms with Gasteiger partial charge in [-0.15, -0.1) is 0 Å². The molecule has 2 aliphatic heterocycles. The molecule has 1 spiro atoms. The molecule has 1 amide bonds. The molecule has 148 valence electrons. The first-order valence-electron chi connectivity index (χ1n) is 10.1. The molecule has 2 aromatic rings. The van der Waals surface area contributed by atoms with Crippen molar-refractivity contribution >= 4 is 5.91 Å². The van der Waals surface area contributed by atoms with Gasteiger partial charge in [-0.2, -0.15) is 0 Å². The summed E-state index contributed by atoms with van der Waals surface area (Å²) in [5.74, 6) is 0.133. The fraction of sp³-hybridized carbons (Fsp3) is 0.478. The Morgan fingerprint density at radius 2 is 2.00 bits per heavy atom. The molecule has 1 unspecified atom stereocenters. The van der Waals surface area contributed by atoms with Crippen LogP contribution in [0.15, 0.2) is 48.8 Å². The van der Waals surface area contributed by atoms with Crippen LogP contribution >= 0.6 is 0 Å². The topological polar surface area (TPSA) is 45.7 Å². The maximum absolute atomic E-state index is 12.3. The van der Waals surface area contributed by atoms with Crippen molar-refractivity contribution in [2.75, 3.05) is 27.2 Å². The first-order valence-corrected chi connectivity index (χ1v) is 10.1. The lowest BCUT2D eigenvalue weighted by Gasteiger charge is -2.47. The smallest absolute Gasteiger partial charge is 0.224 e. The normalized spacial score (nSPS) is 21.3. The van der Waals surface area contributed by atoms with E-state index in [0.717, 1.165) is 38.9 Å². The van der Waals surface area contributed by atoms with Crippen LogP contribution in [0.2, 0.25) is 0 Å². The molecule has 0 aliphatic carbocycles. The van der Waals surface area contributed by atoms with Crippen LogP contribution in [0, 0.1) is 0 Å². The van der Waals surface area contributed by atoms with E-state index >= 15 is 0 Å². The highest BCUT2D eigenvalue weighted by molar-refractivity contribution is 5.76. The number of rotatable bonds is 4. The molecule has 4 rings (SSSR count). The van der Waals surface area contributed by atoms with Crippen molar-refractivity contribution in [2.45, 2.75) is 43.9 Å². The zero-order valence-electron chi connectivity index (χ0n) is 16.8. The number of ether oxygens (including phenoxy) is 1. The van der Waals surface area contributed by atoms with Crippen LogP contribution in [0.4, 0.5) is 0 Å². The Morgan fingerprint density at radius 3 is 2.71 bits per heavy atom. The SMILES string of the molecule is CN(C)C(=O)CC1Cc2ccccc2C2(CCN(Cc3cccnc3)CC2)O1. The quantitative estimate of drug-likeness (QED) is 0.819. The predicted octanol–water partition coefficient (Wildman–Crippen LogP) is 2.99. The number of aromatic nitrogens is 1. The summed E-state index contributed by atoms with van der Waals surface area (Å²) in [5.41, 5.74) is 3.64. The molecule has 5 heteroatoms. The van der Waals surface area contributed by atoms with Crippen molar-refractivity contribution < 1.29 is 9.53 Å².